The average Bonchev–Trinajstić information content (AvgIpc) is 2.37. The molecule has 1 N–H and O–H groups in total. The molecule has 1 amide bonds. The predicted molar refractivity (Wildman–Crippen MR) is 81.5 cm³/mol. The SMILES string of the molecule is C#CCCCNCC1CCCCN1C(=O)OC(C)(C)C. The van der Waals surface area contributed by atoms with Gasteiger partial charge in [0.1, 0.15) is 5.60 Å². The summed E-state index contributed by atoms with van der Waals surface area (Å²) in [6.07, 6.45) is 10.1. The maximum Gasteiger partial charge on any atom is 0.410 e. The fraction of sp³-hybridized carbons (Fsp3) is 0.812. The minimum Gasteiger partial charge on any atom is -0.444 e. The van der Waals surface area contributed by atoms with Crippen LogP contribution in [0.2, 0.25) is 0 Å². The van der Waals surface area contributed by atoms with Gasteiger partial charge in [0.2, 0.25) is 0 Å². The van der Waals surface area contributed by atoms with Crippen LogP contribution in [0.4, 0.5) is 4.79 Å². The number of terminal acetylenes is 1. The van der Waals surface area contributed by atoms with Gasteiger partial charge in [0.25, 0.3) is 0 Å². The Morgan fingerprint density at radius 2 is 2.20 bits per heavy atom. The van der Waals surface area contributed by atoms with E-state index in [2.05, 4.69) is 11.2 Å². The Morgan fingerprint density at radius 3 is 2.85 bits per heavy atom. The molecule has 4 heteroatoms. The molecule has 0 aliphatic carbocycles. The first-order valence-corrected chi connectivity index (χ1v) is 7.58. The number of piperidine rings is 1. The van der Waals surface area contributed by atoms with Gasteiger partial charge in [0, 0.05) is 25.6 Å². The first-order chi connectivity index (χ1) is 9.44. The zero-order chi connectivity index (χ0) is 15.0. The van der Waals surface area contributed by atoms with Crippen LogP contribution >= 0.6 is 0 Å². The number of ether oxygens (including phenoxy) is 1. The minimum atomic E-state index is -0.431. The average molecular weight is 280 g/mol. The Bertz CT molecular complexity index is 341. The minimum absolute atomic E-state index is 0.187. The molecule has 0 radical (unpaired) electrons. The summed E-state index contributed by atoms with van der Waals surface area (Å²) in [5.74, 6) is 2.63. The van der Waals surface area contributed by atoms with Gasteiger partial charge >= 0.3 is 6.09 Å². The summed E-state index contributed by atoms with van der Waals surface area (Å²) in [4.78, 5) is 14.1. The summed E-state index contributed by atoms with van der Waals surface area (Å²) >= 11 is 0. The van der Waals surface area contributed by atoms with Gasteiger partial charge in [-0.05, 0) is 53.0 Å². The number of carbonyl (C=O) groups excluding carboxylic acids is 1. The van der Waals surface area contributed by atoms with Crippen molar-refractivity contribution in [3.63, 3.8) is 0 Å². The molecule has 114 valence electrons. The summed E-state index contributed by atoms with van der Waals surface area (Å²) in [5.41, 5.74) is -0.431. The van der Waals surface area contributed by atoms with Crippen molar-refractivity contribution < 1.29 is 9.53 Å². The molecule has 0 aromatic rings. The molecule has 1 aliphatic rings. The number of nitrogens with one attached hydrogen (secondary N) is 1. The van der Waals surface area contributed by atoms with E-state index in [0.717, 1.165) is 45.3 Å². The van der Waals surface area contributed by atoms with Gasteiger partial charge in [-0.1, -0.05) is 0 Å². The van der Waals surface area contributed by atoms with Gasteiger partial charge in [-0.25, -0.2) is 4.79 Å². The molecule has 1 aliphatic heterocycles. The van der Waals surface area contributed by atoms with Gasteiger partial charge in [0.05, 0.1) is 0 Å². The number of carbonyl (C=O) groups is 1. The molecule has 1 heterocycles. The van der Waals surface area contributed by atoms with Gasteiger partial charge in [0.15, 0.2) is 0 Å². The summed E-state index contributed by atoms with van der Waals surface area (Å²) < 4.78 is 5.48. The Balaban J connectivity index is 2.41. The van der Waals surface area contributed by atoms with Gasteiger partial charge in [-0.15, -0.1) is 12.3 Å². The van der Waals surface area contributed by atoms with Crippen LogP contribution in [0.25, 0.3) is 0 Å². The van der Waals surface area contributed by atoms with Crippen molar-refractivity contribution in [2.75, 3.05) is 19.6 Å². The predicted octanol–water partition coefficient (Wildman–Crippen LogP) is 2.78. The Labute approximate surface area is 123 Å². The number of unbranched alkanes of at least 4 members (excludes halogenated alkanes) is 1. The van der Waals surface area contributed by atoms with E-state index in [-0.39, 0.29) is 12.1 Å². The highest BCUT2D eigenvalue weighted by atomic mass is 16.6. The number of nitrogens with zero attached hydrogens (tertiary/aromatic N) is 1. The third-order valence-corrected chi connectivity index (χ3v) is 3.31. The maximum absolute atomic E-state index is 12.2. The van der Waals surface area contributed by atoms with Gasteiger partial charge in [-0.3, -0.25) is 0 Å². The Morgan fingerprint density at radius 1 is 1.45 bits per heavy atom. The van der Waals surface area contributed by atoms with Crippen molar-refractivity contribution in [3.05, 3.63) is 0 Å². The van der Waals surface area contributed by atoms with E-state index in [9.17, 15) is 4.79 Å². The Hall–Kier alpha value is -1.21. The highest BCUT2D eigenvalue weighted by Crippen LogP contribution is 2.20. The van der Waals surface area contributed by atoms with Crippen LogP contribution in [-0.2, 0) is 4.74 Å². The molecule has 0 aromatic carbocycles. The van der Waals surface area contributed by atoms with Crippen molar-refractivity contribution in [2.24, 2.45) is 0 Å². The molecule has 1 unspecified atom stereocenters. The lowest BCUT2D eigenvalue weighted by molar-refractivity contribution is 0.00998. The second-order valence-corrected chi connectivity index (χ2v) is 6.34. The topological polar surface area (TPSA) is 41.6 Å². The monoisotopic (exact) mass is 280 g/mol. The van der Waals surface area contributed by atoms with Crippen LogP contribution in [0.5, 0.6) is 0 Å². The molecular formula is C16H28N2O2. The molecule has 1 saturated heterocycles. The van der Waals surface area contributed by atoms with Crippen molar-refractivity contribution >= 4 is 6.09 Å². The van der Waals surface area contributed by atoms with Crippen LogP contribution in [0.15, 0.2) is 0 Å². The molecule has 0 saturated carbocycles. The normalized spacial score (nSPS) is 19.5. The van der Waals surface area contributed by atoms with Crippen LogP contribution in [0, 0.1) is 12.3 Å². The molecule has 1 rings (SSSR count). The van der Waals surface area contributed by atoms with Crippen molar-refractivity contribution in [3.8, 4) is 12.3 Å². The van der Waals surface area contributed by atoms with Gasteiger partial charge in [-0.2, -0.15) is 0 Å². The lowest BCUT2D eigenvalue weighted by Gasteiger charge is -2.36. The van der Waals surface area contributed by atoms with E-state index in [0.29, 0.717) is 0 Å². The first kappa shape index (κ1) is 16.8. The van der Waals surface area contributed by atoms with Crippen molar-refractivity contribution in [1.82, 2.24) is 10.2 Å². The zero-order valence-electron chi connectivity index (χ0n) is 13.1. The second-order valence-electron chi connectivity index (χ2n) is 6.34. The van der Waals surface area contributed by atoms with E-state index in [1.165, 1.54) is 6.42 Å². The van der Waals surface area contributed by atoms with Crippen molar-refractivity contribution in [2.45, 2.75) is 64.5 Å². The molecule has 1 fully saturated rings. The molecule has 0 bridgehead atoms. The standard InChI is InChI=1S/C16H28N2O2/c1-5-6-8-11-17-13-14-10-7-9-12-18(14)15(19)20-16(2,3)4/h1,14,17H,6-13H2,2-4H3. The Kier molecular flexibility index (Phi) is 6.87. The highest BCUT2D eigenvalue weighted by molar-refractivity contribution is 5.68. The van der Waals surface area contributed by atoms with Crippen LogP contribution in [0.3, 0.4) is 0 Å². The number of hydrogen-bond donors (Lipinski definition) is 1. The highest BCUT2D eigenvalue weighted by Gasteiger charge is 2.29. The van der Waals surface area contributed by atoms with Crippen LogP contribution in [0.1, 0.15) is 52.9 Å². The van der Waals surface area contributed by atoms with E-state index in [4.69, 9.17) is 11.2 Å². The van der Waals surface area contributed by atoms with Crippen LogP contribution in [-0.4, -0.2) is 42.3 Å². The smallest absolute Gasteiger partial charge is 0.410 e. The number of rotatable bonds is 5. The third kappa shape index (κ3) is 6.29. The maximum atomic E-state index is 12.2. The molecule has 20 heavy (non-hydrogen) atoms. The summed E-state index contributed by atoms with van der Waals surface area (Å²) in [6, 6.07) is 0.240. The van der Waals surface area contributed by atoms with E-state index < -0.39 is 5.60 Å². The summed E-state index contributed by atoms with van der Waals surface area (Å²) in [5, 5.41) is 3.39. The second kappa shape index (κ2) is 8.16. The molecular weight excluding hydrogens is 252 g/mol. The fourth-order valence-corrected chi connectivity index (χ4v) is 2.36. The van der Waals surface area contributed by atoms with E-state index in [1.807, 2.05) is 25.7 Å². The zero-order valence-corrected chi connectivity index (χ0v) is 13.1. The largest absolute Gasteiger partial charge is 0.444 e. The number of amides is 1. The molecule has 0 aromatic heterocycles. The lowest BCUT2D eigenvalue weighted by Crippen LogP contribution is -2.50. The fourth-order valence-electron chi connectivity index (χ4n) is 2.36. The first-order valence-electron chi connectivity index (χ1n) is 7.58. The van der Waals surface area contributed by atoms with E-state index in [1.54, 1.807) is 0 Å². The summed E-state index contributed by atoms with van der Waals surface area (Å²) in [6.45, 7) is 8.24. The van der Waals surface area contributed by atoms with Crippen LogP contribution < -0.4 is 5.32 Å². The molecule has 0 spiro atoms. The number of hydrogen-bond acceptors (Lipinski definition) is 3. The van der Waals surface area contributed by atoms with Gasteiger partial charge < -0.3 is 15.0 Å². The van der Waals surface area contributed by atoms with Crippen molar-refractivity contribution in [1.29, 1.82) is 0 Å². The molecule has 4 nitrogen and oxygen atoms in total. The lowest BCUT2D eigenvalue weighted by atomic mass is 10.0. The van der Waals surface area contributed by atoms with E-state index >= 15 is 0 Å². The third-order valence-electron chi connectivity index (χ3n) is 3.31. The number of likely N-dealkylation sites (tertiary alicyclic amines) is 1. The molecule has 1 atom stereocenters. The quantitative estimate of drug-likeness (QED) is 0.622. The summed E-state index contributed by atoms with van der Waals surface area (Å²) in [7, 11) is 0.